The number of hydrogen-bond donors (Lipinski definition) is 1. The van der Waals surface area contributed by atoms with E-state index in [1.54, 1.807) is 6.07 Å². The number of piperidine rings is 1. The zero-order chi connectivity index (χ0) is 12.5. The normalized spacial score (nSPS) is 20.4. The summed E-state index contributed by atoms with van der Waals surface area (Å²) in [4.78, 5) is 2.48. The summed E-state index contributed by atoms with van der Waals surface area (Å²) in [6.45, 7) is 7.87. The van der Waals surface area contributed by atoms with Gasteiger partial charge in [0.2, 0.25) is 0 Å². The number of halogens is 1. The van der Waals surface area contributed by atoms with Crippen molar-refractivity contribution in [1.82, 2.24) is 4.90 Å². The molecular weight excluding hydrogens is 278 g/mol. The predicted molar refractivity (Wildman–Crippen MR) is 74.1 cm³/mol. The smallest absolute Gasteiger partial charge is 0.115 e. The molecule has 3 heteroatoms. The van der Waals surface area contributed by atoms with E-state index >= 15 is 0 Å². The first kappa shape index (κ1) is 12.9. The van der Waals surface area contributed by atoms with Gasteiger partial charge in [-0.15, -0.1) is 0 Å². The Labute approximate surface area is 112 Å². The SMILES string of the molecule is CC1(C)CCCN(Cc2cc(O)ccc2Br)C1. The lowest BCUT2D eigenvalue weighted by molar-refractivity contribution is 0.111. The van der Waals surface area contributed by atoms with Gasteiger partial charge in [0.05, 0.1) is 0 Å². The molecule has 0 radical (unpaired) electrons. The van der Waals surface area contributed by atoms with E-state index in [0.29, 0.717) is 11.2 Å². The maximum Gasteiger partial charge on any atom is 0.115 e. The van der Waals surface area contributed by atoms with E-state index in [1.807, 2.05) is 12.1 Å². The van der Waals surface area contributed by atoms with Crippen molar-refractivity contribution >= 4 is 15.9 Å². The van der Waals surface area contributed by atoms with E-state index in [1.165, 1.54) is 18.4 Å². The highest BCUT2D eigenvalue weighted by Crippen LogP contribution is 2.30. The van der Waals surface area contributed by atoms with Gasteiger partial charge < -0.3 is 5.11 Å². The average Bonchev–Trinajstić information content (AvgIpc) is 2.22. The second kappa shape index (κ2) is 4.99. The quantitative estimate of drug-likeness (QED) is 0.898. The van der Waals surface area contributed by atoms with Gasteiger partial charge in [0, 0.05) is 17.6 Å². The Balaban J connectivity index is 2.07. The second-order valence-corrected chi connectivity index (χ2v) is 6.61. The summed E-state index contributed by atoms with van der Waals surface area (Å²) in [6.07, 6.45) is 2.58. The standard InChI is InChI=1S/C14H20BrNO/c1-14(2)6-3-7-16(10-14)9-11-8-12(17)4-5-13(11)15/h4-5,8,17H,3,6-7,9-10H2,1-2H3. The van der Waals surface area contributed by atoms with Crippen molar-refractivity contribution < 1.29 is 5.11 Å². The van der Waals surface area contributed by atoms with Crippen LogP contribution in [-0.4, -0.2) is 23.1 Å². The fraction of sp³-hybridized carbons (Fsp3) is 0.571. The summed E-state index contributed by atoms with van der Waals surface area (Å²) in [7, 11) is 0. The third kappa shape index (κ3) is 3.46. The van der Waals surface area contributed by atoms with E-state index in [-0.39, 0.29) is 0 Å². The zero-order valence-electron chi connectivity index (χ0n) is 10.5. The van der Waals surface area contributed by atoms with Gasteiger partial charge in [-0.25, -0.2) is 0 Å². The Morgan fingerprint density at radius 2 is 2.18 bits per heavy atom. The summed E-state index contributed by atoms with van der Waals surface area (Å²) in [5.41, 5.74) is 1.59. The van der Waals surface area contributed by atoms with E-state index < -0.39 is 0 Å². The maximum atomic E-state index is 9.53. The van der Waals surface area contributed by atoms with Crippen LogP contribution in [0.3, 0.4) is 0 Å². The van der Waals surface area contributed by atoms with Crippen LogP contribution < -0.4 is 0 Å². The summed E-state index contributed by atoms with van der Waals surface area (Å²) in [6, 6.07) is 5.49. The first-order valence-corrected chi connectivity index (χ1v) is 6.95. The molecule has 0 atom stereocenters. The van der Waals surface area contributed by atoms with Gasteiger partial charge in [-0.05, 0) is 48.6 Å². The van der Waals surface area contributed by atoms with Crippen molar-refractivity contribution in [2.45, 2.75) is 33.2 Å². The van der Waals surface area contributed by atoms with Gasteiger partial charge in [0.1, 0.15) is 5.75 Å². The molecule has 0 aliphatic carbocycles. The molecule has 17 heavy (non-hydrogen) atoms. The number of benzene rings is 1. The van der Waals surface area contributed by atoms with Crippen LogP contribution in [0.25, 0.3) is 0 Å². The molecule has 1 saturated heterocycles. The molecule has 1 aromatic rings. The van der Waals surface area contributed by atoms with Crippen molar-refractivity contribution in [3.05, 3.63) is 28.2 Å². The molecule has 1 aromatic carbocycles. The molecule has 1 fully saturated rings. The minimum absolute atomic E-state index is 0.347. The molecule has 0 bridgehead atoms. The van der Waals surface area contributed by atoms with Gasteiger partial charge in [0.25, 0.3) is 0 Å². The third-order valence-electron chi connectivity index (χ3n) is 3.40. The van der Waals surface area contributed by atoms with Gasteiger partial charge >= 0.3 is 0 Å². The van der Waals surface area contributed by atoms with E-state index in [9.17, 15) is 5.11 Å². The van der Waals surface area contributed by atoms with Crippen LogP contribution in [0.15, 0.2) is 22.7 Å². The van der Waals surface area contributed by atoms with E-state index in [4.69, 9.17) is 0 Å². The highest BCUT2D eigenvalue weighted by atomic mass is 79.9. The number of rotatable bonds is 2. The van der Waals surface area contributed by atoms with Crippen LogP contribution in [0.4, 0.5) is 0 Å². The zero-order valence-corrected chi connectivity index (χ0v) is 12.1. The van der Waals surface area contributed by atoms with Gasteiger partial charge in [-0.3, -0.25) is 4.90 Å². The molecule has 1 aliphatic rings. The predicted octanol–water partition coefficient (Wildman–Crippen LogP) is 3.78. The molecule has 94 valence electrons. The van der Waals surface area contributed by atoms with Crippen molar-refractivity contribution in [3.63, 3.8) is 0 Å². The van der Waals surface area contributed by atoms with Crippen LogP contribution in [-0.2, 0) is 6.54 Å². The molecule has 0 aromatic heterocycles. The minimum atomic E-state index is 0.347. The van der Waals surface area contributed by atoms with Crippen LogP contribution in [0.5, 0.6) is 5.75 Å². The molecule has 1 N–H and O–H groups in total. The monoisotopic (exact) mass is 297 g/mol. The third-order valence-corrected chi connectivity index (χ3v) is 4.18. The first-order chi connectivity index (χ1) is 7.96. The average molecular weight is 298 g/mol. The highest BCUT2D eigenvalue weighted by Gasteiger charge is 2.26. The van der Waals surface area contributed by atoms with Crippen LogP contribution in [0.1, 0.15) is 32.3 Å². The Morgan fingerprint density at radius 3 is 2.88 bits per heavy atom. The molecule has 0 spiro atoms. The molecular formula is C14H20BrNO. The van der Waals surface area contributed by atoms with Gasteiger partial charge in [-0.2, -0.15) is 0 Å². The lowest BCUT2D eigenvalue weighted by Crippen LogP contribution is -2.39. The maximum absolute atomic E-state index is 9.53. The minimum Gasteiger partial charge on any atom is -0.508 e. The molecule has 0 saturated carbocycles. The summed E-state index contributed by atoms with van der Waals surface area (Å²) >= 11 is 3.55. The van der Waals surface area contributed by atoms with Gasteiger partial charge in [0.15, 0.2) is 0 Å². The Morgan fingerprint density at radius 1 is 1.41 bits per heavy atom. The fourth-order valence-corrected chi connectivity index (χ4v) is 2.97. The van der Waals surface area contributed by atoms with Crippen LogP contribution in [0, 0.1) is 5.41 Å². The Bertz CT molecular complexity index is 403. The Kier molecular flexibility index (Phi) is 3.79. The molecule has 2 rings (SSSR count). The second-order valence-electron chi connectivity index (χ2n) is 5.75. The first-order valence-electron chi connectivity index (χ1n) is 6.16. The van der Waals surface area contributed by atoms with E-state index in [0.717, 1.165) is 24.1 Å². The number of hydrogen-bond acceptors (Lipinski definition) is 2. The Hall–Kier alpha value is -0.540. The molecule has 2 nitrogen and oxygen atoms in total. The summed E-state index contributed by atoms with van der Waals surface area (Å²) in [5, 5.41) is 9.53. The number of aromatic hydroxyl groups is 1. The van der Waals surface area contributed by atoms with Crippen molar-refractivity contribution in [1.29, 1.82) is 0 Å². The number of phenolic OH excluding ortho intramolecular Hbond substituents is 1. The number of likely N-dealkylation sites (tertiary alicyclic amines) is 1. The van der Waals surface area contributed by atoms with Crippen LogP contribution >= 0.6 is 15.9 Å². The fourth-order valence-electron chi connectivity index (χ4n) is 2.60. The van der Waals surface area contributed by atoms with Crippen molar-refractivity contribution in [3.8, 4) is 5.75 Å². The summed E-state index contributed by atoms with van der Waals surface area (Å²) in [5.74, 6) is 0.347. The van der Waals surface area contributed by atoms with Gasteiger partial charge in [-0.1, -0.05) is 29.8 Å². The topological polar surface area (TPSA) is 23.5 Å². The van der Waals surface area contributed by atoms with Crippen LogP contribution in [0.2, 0.25) is 0 Å². The van der Waals surface area contributed by atoms with E-state index in [2.05, 4.69) is 34.7 Å². The van der Waals surface area contributed by atoms with Crippen molar-refractivity contribution in [2.75, 3.05) is 13.1 Å². The summed E-state index contributed by atoms with van der Waals surface area (Å²) < 4.78 is 1.08. The molecule has 0 amide bonds. The highest BCUT2D eigenvalue weighted by molar-refractivity contribution is 9.10. The largest absolute Gasteiger partial charge is 0.508 e. The lowest BCUT2D eigenvalue weighted by atomic mass is 9.84. The molecule has 0 unspecified atom stereocenters. The van der Waals surface area contributed by atoms with Crippen molar-refractivity contribution in [2.24, 2.45) is 5.41 Å². The molecule has 1 aliphatic heterocycles. The lowest BCUT2D eigenvalue weighted by Gasteiger charge is -2.38. The number of nitrogens with zero attached hydrogens (tertiary/aromatic N) is 1. The molecule has 1 heterocycles. The number of phenols is 1.